The molecular formula is C33H47NO6. The molecule has 0 spiro atoms. The van der Waals surface area contributed by atoms with Crippen LogP contribution in [-0.2, 0) is 4.79 Å². The van der Waals surface area contributed by atoms with Crippen molar-refractivity contribution in [3.8, 4) is 17.2 Å². The summed E-state index contributed by atoms with van der Waals surface area (Å²) < 4.78 is 16.5. The standard InChI is InChI=1S/C33H47NO6/c1-5-10-26(6-2)34-22-28(33(37)25-15-18-31-32(21-25)40-20-19-39-31)23(3)29(35)11-8-7-9-12-30(36)24-13-16-27(38-4)17-14-24/h13-18,21,23,26,28,33-34,37H,5-12,19-20,22H2,1-4H3. The lowest BCUT2D eigenvalue weighted by molar-refractivity contribution is -0.125. The van der Waals surface area contributed by atoms with Gasteiger partial charge in [-0.2, -0.15) is 0 Å². The summed E-state index contributed by atoms with van der Waals surface area (Å²) in [5, 5.41) is 15.1. The van der Waals surface area contributed by atoms with Gasteiger partial charge in [0, 0.05) is 42.8 Å². The molecule has 7 heteroatoms. The van der Waals surface area contributed by atoms with Crippen molar-refractivity contribution in [2.75, 3.05) is 26.9 Å². The molecule has 0 bridgehead atoms. The molecule has 0 aromatic heterocycles. The molecule has 2 N–H and O–H groups in total. The number of unbranched alkanes of at least 4 members (excludes halogenated alkanes) is 2. The van der Waals surface area contributed by atoms with E-state index in [-0.39, 0.29) is 23.4 Å². The van der Waals surface area contributed by atoms with Crippen LogP contribution in [0, 0.1) is 11.8 Å². The Morgan fingerprint density at radius 3 is 2.35 bits per heavy atom. The van der Waals surface area contributed by atoms with E-state index in [2.05, 4.69) is 19.2 Å². The molecule has 7 nitrogen and oxygen atoms in total. The Bertz CT molecular complexity index is 1070. The van der Waals surface area contributed by atoms with Crippen LogP contribution in [-0.4, -0.2) is 49.6 Å². The molecule has 3 rings (SSSR count). The Hall–Kier alpha value is -2.90. The third-order valence-corrected chi connectivity index (χ3v) is 7.97. The number of rotatable bonds is 18. The highest BCUT2D eigenvalue weighted by Gasteiger charge is 2.32. The zero-order chi connectivity index (χ0) is 28.9. The Morgan fingerprint density at radius 1 is 0.975 bits per heavy atom. The van der Waals surface area contributed by atoms with Crippen molar-refractivity contribution in [2.24, 2.45) is 11.8 Å². The normalized spacial score (nSPS) is 15.6. The molecule has 1 aliphatic heterocycles. The second kappa shape index (κ2) is 16.4. The zero-order valence-corrected chi connectivity index (χ0v) is 24.6. The fraction of sp³-hybridized carbons (Fsp3) is 0.576. The number of hydrogen-bond donors (Lipinski definition) is 2. The highest BCUT2D eigenvalue weighted by atomic mass is 16.6. The van der Waals surface area contributed by atoms with E-state index in [1.54, 1.807) is 31.4 Å². The monoisotopic (exact) mass is 553 g/mol. The number of ketones is 2. The molecule has 4 unspecified atom stereocenters. The molecule has 0 aliphatic carbocycles. The Labute approximate surface area is 239 Å². The maximum atomic E-state index is 13.3. The molecule has 0 amide bonds. The van der Waals surface area contributed by atoms with Gasteiger partial charge in [0.2, 0.25) is 0 Å². The Kier molecular flexibility index (Phi) is 13.0. The number of hydrogen-bond acceptors (Lipinski definition) is 7. The van der Waals surface area contributed by atoms with E-state index < -0.39 is 6.10 Å². The van der Waals surface area contributed by atoms with Crippen LogP contribution < -0.4 is 19.5 Å². The Morgan fingerprint density at radius 2 is 1.68 bits per heavy atom. The third-order valence-electron chi connectivity index (χ3n) is 7.97. The van der Waals surface area contributed by atoms with Gasteiger partial charge in [-0.15, -0.1) is 0 Å². The van der Waals surface area contributed by atoms with Gasteiger partial charge < -0.3 is 24.6 Å². The first-order valence-corrected chi connectivity index (χ1v) is 14.9. The summed E-state index contributed by atoms with van der Waals surface area (Å²) in [6.45, 7) is 7.81. The minimum absolute atomic E-state index is 0.105. The van der Waals surface area contributed by atoms with Gasteiger partial charge in [-0.05, 0) is 67.6 Å². The maximum absolute atomic E-state index is 13.3. The quantitative estimate of drug-likeness (QED) is 0.165. The SMILES string of the molecule is CCCC(CC)NCC(C(C)C(=O)CCCCCC(=O)c1ccc(OC)cc1)C(O)c1ccc2c(c1)OCCO2. The van der Waals surface area contributed by atoms with Crippen molar-refractivity contribution in [1.82, 2.24) is 5.32 Å². The first-order valence-electron chi connectivity index (χ1n) is 14.9. The molecule has 40 heavy (non-hydrogen) atoms. The third kappa shape index (κ3) is 9.07. The van der Waals surface area contributed by atoms with Crippen molar-refractivity contribution in [3.63, 3.8) is 0 Å². The van der Waals surface area contributed by atoms with E-state index in [0.717, 1.165) is 49.8 Å². The van der Waals surface area contributed by atoms with Crippen molar-refractivity contribution in [1.29, 1.82) is 0 Å². The molecule has 1 aliphatic rings. The van der Waals surface area contributed by atoms with Crippen LogP contribution in [0.15, 0.2) is 42.5 Å². The van der Waals surface area contributed by atoms with E-state index in [9.17, 15) is 14.7 Å². The van der Waals surface area contributed by atoms with Gasteiger partial charge in [-0.3, -0.25) is 9.59 Å². The van der Waals surface area contributed by atoms with Gasteiger partial charge in [-0.25, -0.2) is 0 Å². The molecule has 1 heterocycles. The van der Waals surface area contributed by atoms with E-state index in [1.165, 1.54) is 0 Å². The minimum Gasteiger partial charge on any atom is -0.497 e. The summed E-state index contributed by atoms with van der Waals surface area (Å²) in [4.78, 5) is 25.8. The number of nitrogens with one attached hydrogen (secondary N) is 1. The lowest BCUT2D eigenvalue weighted by Gasteiger charge is -2.31. The van der Waals surface area contributed by atoms with Crippen LogP contribution in [0.4, 0.5) is 0 Å². The number of benzene rings is 2. The number of aliphatic hydroxyl groups is 1. The fourth-order valence-electron chi connectivity index (χ4n) is 5.30. The van der Waals surface area contributed by atoms with Gasteiger partial charge in [0.05, 0.1) is 13.2 Å². The summed E-state index contributed by atoms with van der Waals surface area (Å²) >= 11 is 0. The fourth-order valence-corrected chi connectivity index (χ4v) is 5.30. The number of Topliss-reactive ketones (excluding diaryl/α,β-unsaturated/α-hetero) is 2. The molecule has 0 saturated carbocycles. The van der Waals surface area contributed by atoms with Crippen molar-refractivity contribution >= 4 is 11.6 Å². The predicted octanol–water partition coefficient (Wildman–Crippen LogP) is 6.32. The Balaban J connectivity index is 1.56. The summed E-state index contributed by atoms with van der Waals surface area (Å²) in [5.41, 5.74) is 1.42. The number of ether oxygens (including phenoxy) is 3. The average Bonchev–Trinajstić information content (AvgIpc) is 2.99. The van der Waals surface area contributed by atoms with Crippen LogP contribution >= 0.6 is 0 Å². The molecule has 0 saturated heterocycles. The van der Waals surface area contributed by atoms with E-state index in [1.807, 2.05) is 25.1 Å². The molecule has 2 aromatic rings. The topological polar surface area (TPSA) is 94.1 Å². The van der Waals surface area contributed by atoms with E-state index in [4.69, 9.17) is 14.2 Å². The first-order chi connectivity index (χ1) is 19.4. The average molecular weight is 554 g/mol. The molecule has 0 fully saturated rings. The van der Waals surface area contributed by atoms with Crippen molar-refractivity contribution < 1.29 is 28.9 Å². The van der Waals surface area contributed by atoms with Crippen LogP contribution in [0.25, 0.3) is 0 Å². The van der Waals surface area contributed by atoms with E-state index >= 15 is 0 Å². The van der Waals surface area contributed by atoms with Crippen LogP contribution in [0.1, 0.15) is 94.2 Å². The lowest BCUT2D eigenvalue weighted by Crippen LogP contribution is -2.39. The number of aliphatic hydroxyl groups excluding tert-OH is 1. The minimum atomic E-state index is -0.816. The molecule has 220 valence electrons. The van der Waals surface area contributed by atoms with Crippen molar-refractivity contribution in [3.05, 3.63) is 53.6 Å². The summed E-state index contributed by atoms with van der Waals surface area (Å²) in [5.74, 6) is 1.69. The summed E-state index contributed by atoms with van der Waals surface area (Å²) in [6, 6.07) is 13.1. The molecular weight excluding hydrogens is 506 g/mol. The van der Waals surface area contributed by atoms with Crippen LogP contribution in [0.3, 0.4) is 0 Å². The first kappa shape index (κ1) is 31.6. The van der Waals surface area contributed by atoms with Gasteiger partial charge in [0.25, 0.3) is 0 Å². The highest BCUT2D eigenvalue weighted by molar-refractivity contribution is 5.96. The van der Waals surface area contributed by atoms with Gasteiger partial charge in [0.15, 0.2) is 17.3 Å². The van der Waals surface area contributed by atoms with Crippen LogP contribution in [0.5, 0.6) is 17.2 Å². The lowest BCUT2D eigenvalue weighted by atomic mass is 9.81. The second-order valence-electron chi connectivity index (χ2n) is 10.8. The smallest absolute Gasteiger partial charge is 0.162 e. The number of carbonyl (C=O) groups excluding carboxylic acids is 2. The predicted molar refractivity (Wildman–Crippen MR) is 157 cm³/mol. The second-order valence-corrected chi connectivity index (χ2v) is 10.8. The maximum Gasteiger partial charge on any atom is 0.162 e. The van der Waals surface area contributed by atoms with Gasteiger partial charge in [-0.1, -0.05) is 39.7 Å². The molecule has 2 aromatic carbocycles. The summed E-state index contributed by atoms with van der Waals surface area (Å²) in [7, 11) is 1.60. The summed E-state index contributed by atoms with van der Waals surface area (Å²) in [6.07, 6.45) is 5.50. The van der Waals surface area contributed by atoms with Gasteiger partial charge in [0.1, 0.15) is 24.7 Å². The highest BCUT2D eigenvalue weighted by Crippen LogP contribution is 2.36. The van der Waals surface area contributed by atoms with Gasteiger partial charge >= 0.3 is 0 Å². The van der Waals surface area contributed by atoms with Crippen molar-refractivity contribution in [2.45, 2.75) is 84.3 Å². The molecule has 0 radical (unpaired) electrons. The van der Waals surface area contributed by atoms with Crippen LogP contribution in [0.2, 0.25) is 0 Å². The molecule has 4 atom stereocenters. The number of methoxy groups -OCH3 is 1. The number of carbonyl (C=O) groups is 2. The zero-order valence-electron chi connectivity index (χ0n) is 24.6. The number of fused-ring (bicyclic) bond motifs is 1. The van der Waals surface area contributed by atoms with E-state index in [0.29, 0.717) is 55.7 Å². The largest absolute Gasteiger partial charge is 0.497 e.